The van der Waals surface area contributed by atoms with Gasteiger partial charge in [-0.15, -0.1) is 0 Å². The zero-order valence-electron chi connectivity index (χ0n) is 14.8. The molecule has 26 heavy (non-hydrogen) atoms. The van der Waals surface area contributed by atoms with Gasteiger partial charge in [0.1, 0.15) is 5.69 Å². The Kier molecular flexibility index (Phi) is 3.95. The third kappa shape index (κ3) is 2.73. The molecule has 1 aromatic carbocycles. The molecule has 6 heteroatoms. The second-order valence-electron chi connectivity index (χ2n) is 6.67. The highest BCUT2D eigenvalue weighted by Crippen LogP contribution is 2.32. The first-order valence-electron chi connectivity index (χ1n) is 8.61. The third-order valence-electron chi connectivity index (χ3n) is 4.91. The number of Topliss-reactive ketones (excluding diaryl/α,β-unsaturated/α-hetero) is 1. The van der Waals surface area contributed by atoms with E-state index in [-0.39, 0.29) is 17.7 Å². The summed E-state index contributed by atoms with van der Waals surface area (Å²) >= 11 is 0. The van der Waals surface area contributed by atoms with Gasteiger partial charge in [-0.3, -0.25) is 14.3 Å². The number of amides is 1. The number of rotatable bonds is 3. The average Bonchev–Trinajstić information content (AvgIpc) is 3.30. The van der Waals surface area contributed by atoms with Gasteiger partial charge < -0.3 is 9.47 Å². The van der Waals surface area contributed by atoms with Crippen LogP contribution in [-0.4, -0.2) is 32.6 Å². The molecular weight excluding hydrogens is 328 g/mol. The topological polar surface area (TPSA) is 60.1 Å². The van der Waals surface area contributed by atoms with E-state index in [0.717, 1.165) is 17.7 Å². The summed E-state index contributed by atoms with van der Waals surface area (Å²) in [5.74, 6) is -0.155. The number of aryl methyl sites for hydroxylation is 1. The van der Waals surface area contributed by atoms with E-state index in [4.69, 9.17) is 0 Å². The molecule has 0 radical (unpaired) electrons. The Labute approximate surface area is 151 Å². The quantitative estimate of drug-likeness (QED) is 0.684. The van der Waals surface area contributed by atoms with Crippen molar-refractivity contribution in [2.24, 2.45) is 7.05 Å². The molecule has 132 valence electrons. The summed E-state index contributed by atoms with van der Waals surface area (Å²) in [6, 6.07) is 11.6. The van der Waals surface area contributed by atoms with E-state index < -0.39 is 0 Å². The first-order chi connectivity index (χ1) is 12.5. The van der Waals surface area contributed by atoms with Gasteiger partial charge in [-0.2, -0.15) is 5.10 Å². The fraction of sp³-hybridized carbons (Fsp3) is 0.250. The number of fused-ring (bicyclic) bond motifs is 1. The highest BCUT2D eigenvalue weighted by Gasteiger charge is 2.31. The van der Waals surface area contributed by atoms with Gasteiger partial charge in [0.25, 0.3) is 5.91 Å². The van der Waals surface area contributed by atoms with E-state index >= 15 is 0 Å². The number of carbonyl (C=O) groups is 2. The van der Waals surface area contributed by atoms with Gasteiger partial charge in [0.05, 0.1) is 6.04 Å². The lowest BCUT2D eigenvalue weighted by Crippen LogP contribution is -2.41. The molecule has 0 fully saturated rings. The number of benzene rings is 1. The Morgan fingerprint density at radius 2 is 2.00 bits per heavy atom. The summed E-state index contributed by atoms with van der Waals surface area (Å²) < 4.78 is 3.63. The molecule has 6 nitrogen and oxygen atoms in total. The van der Waals surface area contributed by atoms with Crippen LogP contribution >= 0.6 is 0 Å². The Hall–Kier alpha value is -3.15. The minimum Gasteiger partial charge on any atom is -0.346 e. The highest BCUT2D eigenvalue weighted by molar-refractivity contribution is 6.07. The van der Waals surface area contributed by atoms with Crippen LogP contribution in [0, 0.1) is 0 Å². The van der Waals surface area contributed by atoms with Crippen molar-refractivity contribution in [3.63, 3.8) is 0 Å². The molecule has 0 N–H and O–H groups in total. The van der Waals surface area contributed by atoms with Crippen LogP contribution in [0.2, 0.25) is 0 Å². The van der Waals surface area contributed by atoms with Gasteiger partial charge in [-0.05, 0) is 37.1 Å². The lowest BCUT2D eigenvalue weighted by atomic mass is 9.97. The maximum Gasteiger partial charge on any atom is 0.274 e. The van der Waals surface area contributed by atoms with E-state index in [2.05, 4.69) is 11.2 Å². The van der Waals surface area contributed by atoms with Gasteiger partial charge in [0.2, 0.25) is 0 Å². The van der Waals surface area contributed by atoms with Gasteiger partial charge in [0.15, 0.2) is 5.78 Å². The minimum absolute atomic E-state index is 0.0480. The Morgan fingerprint density at radius 3 is 2.69 bits per heavy atom. The molecule has 1 atom stereocenters. The molecule has 0 aliphatic carbocycles. The molecule has 2 aromatic heterocycles. The van der Waals surface area contributed by atoms with Gasteiger partial charge in [-0.1, -0.05) is 18.2 Å². The Morgan fingerprint density at radius 1 is 1.19 bits per heavy atom. The minimum atomic E-state index is -0.107. The van der Waals surface area contributed by atoms with E-state index in [1.54, 1.807) is 35.0 Å². The van der Waals surface area contributed by atoms with Gasteiger partial charge in [0, 0.05) is 43.4 Å². The molecule has 0 saturated carbocycles. The lowest BCUT2D eigenvalue weighted by Gasteiger charge is -2.34. The average molecular weight is 348 g/mol. The second kappa shape index (κ2) is 6.29. The number of ketones is 1. The van der Waals surface area contributed by atoms with Crippen molar-refractivity contribution in [2.75, 3.05) is 11.4 Å². The van der Waals surface area contributed by atoms with E-state index in [0.29, 0.717) is 17.8 Å². The largest absolute Gasteiger partial charge is 0.346 e. The van der Waals surface area contributed by atoms with Crippen LogP contribution < -0.4 is 4.90 Å². The molecule has 1 aliphatic rings. The van der Waals surface area contributed by atoms with E-state index in [9.17, 15) is 9.59 Å². The summed E-state index contributed by atoms with van der Waals surface area (Å²) in [6.07, 6.45) is 6.21. The number of anilines is 1. The second-order valence-corrected chi connectivity index (χ2v) is 6.67. The summed E-state index contributed by atoms with van der Waals surface area (Å²) in [7, 11) is 1.79. The molecule has 0 saturated heterocycles. The van der Waals surface area contributed by atoms with Gasteiger partial charge >= 0.3 is 0 Å². The lowest BCUT2D eigenvalue weighted by molar-refractivity contribution is 0.0971. The van der Waals surface area contributed by atoms with Crippen LogP contribution in [0.4, 0.5) is 5.69 Å². The predicted molar refractivity (Wildman–Crippen MR) is 98.5 cm³/mol. The van der Waals surface area contributed by atoms with Crippen molar-refractivity contribution in [3.8, 4) is 0 Å². The van der Waals surface area contributed by atoms with Crippen LogP contribution in [-0.2, 0) is 13.5 Å². The van der Waals surface area contributed by atoms with E-state index in [1.807, 2.05) is 35.1 Å². The maximum absolute atomic E-state index is 13.3. The molecule has 3 aromatic rings. The normalized spacial score (nSPS) is 16.4. The van der Waals surface area contributed by atoms with Crippen LogP contribution in [0.5, 0.6) is 0 Å². The number of hydrogen-bond donors (Lipinski definition) is 0. The first kappa shape index (κ1) is 16.3. The summed E-state index contributed by atoms with van der Waals surface area (Å²) in [6.45, 7) is 2.05. The van der Waals surface area contributed by atoms with Crippen molar-refractivity contribution in [1.29, 1.82) is 0 Å². The number of nitrogens with zero attached hydrogens (tertiary/aromatic N) is 4. The number of para-hydroxylation sites is 1. The van der Waals surface area contributed by atoms with Crippen LogP contribution in [0.1, 0.15) is 39.4 Å². The van der Waals surface area contributed by atoms with Crippen molar-refractivity contribution < 1.29 is 9.59 Å². The fourth-order valence-corrected chi connectivity index (χ4v) is 3.55. The first-order valence-corrected chi connectivity index (χ1v) is 8.61. The SMILES string of the molecule is CC(=O)c1cc(C(=O)N2C[C@@H](n3cccn3)Cc3ccccc32)n(C)c1. The monoisotopic (exact) mass is 348 g/mol. The Balaban J connectivity index is 1.74. The molecular formula is C20H20N4O2. The fourth-order valence-electron chi connectivity index (χ4n) is 3.55. The van der Waals surface area contributed by atoms with Crippen LogP contribution in [0.3, 0.4) is 0 Å². The number of hydrogen-bond acceptors (Lipinski definition) is 3. The van der Waals surface area contributed by atoms with Crippen LogP contribution in [0.15, 0.2) is 55.0 Å². The van der Waals surface area contributed by atoms with Crippen LogP contribution in [0.25, 0.3) is 0 Å². The highest BCUT2D eigenvalue weighted by atomic mass is 16.2. The Bertz CT molecular complexity index is 972. The molecule has 0 bridgehead atoms. The number of carbonyl (C=O) groups excluding carboxylic acids is 2. The van der Waals surface area contributed by atoms with Gasteiger partial charge in [-0.25, -0.2) is 0 Å². The molecule has 0 spiro atoms. The molecule has 0 unspecified atom stereocenters. The maximum atomic E-state index is 13.3. The zero-order chi connectivity index (χ0) is 18.3. The molecule has 3 heterocycles. The van der Waals surface area contributed by atoms with Crippen molar-refractivity contribution in [1.82, 2.24) is 14.3 Å². The number of aromatic nitrogens is 3. The molecule has 1 amide bonds. The predicted octanol–water partition coefficient (Wildman–Crippen LogP) is 2.87. The molecule has 4 rings (SSSR count). The molecule has 1 aliphatic heterocycles. The summed E-state index contributed by atoms with van der Waals surface area (Å²) in [4.78, 5) is 26.8. The summed E-state index contributed by atoms with van der Waals surface area (Å²) in [5.41, 5.74) is 3.09. The van der Waals surface area contributed by atoms with E-state index in [1.165, 1.54) is 6.92 Å². The standard InChI is InChI=1S/C20H20N4O2/c1-14(25)16-11-19(22(2)12-16)20(26)23-13-17(24-9-5-8-21-24)10-15-6-3-4-7-18(15)23/h3-9,11-12,17H,10,13H2,1-2H3/t17-/m0/s1. The smallest absolute Gasteiger partial charge is 0.274 e. The van der Waals surface area contributed by atoms with Crippen molar-refractivity contribution in [3.05, 3.63) is 71.8 Å². The van der Waals surface area contributed by atoms with Crippen molar-refractivity contribution in [2.45, 2.75) is 19.4 Å². The third-order valence-corrected chi connectivity index (χ3v) is 4.91. The summed E-state index contributed by atoms with van der Waals surface area (Å²) in [5, 5.41) is 4.35. The van der Waals surface area contributed by atoms with Crippen molar-refractivity contribution >= 4 is 17.4 Å². The zero-order valence-corrected chi connectivity index (χ0v) is 14.8.